The van der Waals surface area contributed by atoms with Crippen molar-refractivity contribution in [3.05, 3.63) is 35.1 Å². The zero-order chi connectivity index (χ0) is 36.0. The number of benzene rings is 1. The van der Waals surface area contributed by atoms with Crippen LogP contribution in [-0.2, 0) is 31.0 Å². The van der Waals surface area contributed by atoms with Crippen LogP contribution in [-0.4, -0.2) is 130 Å². The summed E-state index contributed by atoms with van der Waals surface area (Å²) >= 11 is 0. The Labute approximate surface area is 290 Å². The molecule has 2 fully saturated rings. The van der Waals surface area contributed by atoms with Gasteiger partial charge in [-0.3, -0.25) is 24.3 Å². The number of likely N-dealkylation sites (N-methyl/N-ethyl adjacent to an activating group) is 2. The quantitative estimate of drug-likeness (QED) is 0.0652. The van der Waals surface area contributed by atoms with Crippen LogP contribution >= 0.6 is 0 Å². The second kappa shape index (κ2) is 13.6. The highest BCUT2D eigenvalue weighted by Gasteiger charge is 2.72. The van der Waals surface area contributed by atoms with Crippen LogP contribution in [0.5, 0.6) is 11.5 Å². The molecule has 0 radical (unpaired) electrons. The summed E-state index contributed by atoms with van der Waals surface area (Å²) in [6.45, 7) is 2.06. The molecule has 1 saturated heterocycles. The molecule has 0 aromatic heterocycles. The summed E-state index contributed by atoms with van der Waals surface area (Å²) < 4.78 is 12.4. The van der Waals surface area contributed by atoms with E-state index in [9.17, 15) is 29.4 Å². The van der Waals surface area contributed by atoms with Crippen LogP contribution in [0.1, 0.15) is 56.1 Å². The molecule has 2 bridgehead atoms. The third-order valence-corrected chi connectivity index (χ3v) is 10.9. The predicted octanol–water partition coefficient (Wildman–Crippen LogP) is -0.01000. The van der Waals surface area contributed by atoms with Crippen LogP contribution in [0.25, 0.3) is 0 Å². The molecule has 1 aromatic rings. The van der Waals surface area contributed by atoms with Crippen molar-refractivity contribution in [1.29, 1.82) is 0 Å². The number of carboxylic acids is 1. The van der Waals surface area contributed by atoms with E-state index >= 15 is 0 Å². The number of phenols is 1. The predicted molar refractivity (Wildman–Crippen MR) is 179 cm³/mol. The number of piperidine rings is 1. The third-order valence-electron chi connectivity index (χ3n) is 10.9. The fraction of sp³-hybridized carbons (Fsp3) is 0.618. The van der Waals surface area contributed by atoms with Crippen molar-refractivity contribution in [3.63, 3.8) is 0 Å². The van der Waals surface area contributed by atoms with Crippen molar-refractivity contribution in [3.8, 4) is 11.5 Å². The Morgan fingerprint density at radius 1 is 1.18 bits per heavy atom. The Morgan fingerprint density at radius 3 is 2.62 bits per heavy atom. The van der Waals surface area contributed by atoms with E-state index in [2.05, 4.69) is 15.2 Å². The van der Waals surface area contributed by atoms with Crippen LogP contribution in [0, 0.1) is 5.92 Å². The van der Waals surface area contributed by atoms with Crippen molar-refractivity contribution < 1.29 is 44.0 Å². The van der Waals surface area contributed by atoms with E-state index in [0.717, 1.165) is 24.2 Å². The number of carbonyl (C=O) groups excluding carboxylic acids is 3. The number of hydrogen-bond acceptors (Lipinski definition) is 10. The van der Waals surface area contributed by atoms with Crippen molar-refractivity contribution in [2.24, 2.45) is 22.4 Å². The molecule has 1 saturated carbocycles. The normalized spacial score (nSPS) is 26.4. The van der Waals surface area contributed by atoms with Crippen molar-refractivity contribution in [1.82, 2.24) is 20.0 Å². The van der Waals surface area contributed by atoms with Gasteiger partial charge >= 0.3 is 12.1 Å². The third kappa shape index (κ3) is 6.41. The highest BCUT2D eigenvalue weighted by molar-refractivity contribution is 5.96. The van der Waals surface area contributed by atoms with Gasteiger partial charge in [-0.25, -0.2) is 4.79 Å². The lowest BCUT2D eigenvalue weighted by atomic mass is 9.50. The summed E-state index contributed by atoms with van der Waals surface area (Å²) in [5.74, 6) is -1.48. The Kier molecular flexibility index (Phi) is 9.61. The molecule has 1 aromatic carbocycles. The number of guanidine groups is 1. The van der Waals surface area contributed by atoms with Gasteiger partial charge in [0.25, 0.3) is 0 Å². The fourth-order valence-corrected chi connectivity index (χ4v) is 8.26. The van der Waals surface area contributed by atoms with Gasteiger partial charge in [0.1, 0.15) is 18.2 Å². The SMILES string of the molecule is CN(CCN(C)C(=O)[C@H](CCCN=C(N)N)NC(=O)CC(=O)O)C(=O)OC1=CC[C@@]2(O)C3Cc4ccc(O)c5c4C2(CCN3CC2CC2)[C@H]1O5. The molecule has 2 aliphatic heterocycles. The lowest BCUT2D eigenvalue weighted by Gasteiger charge is -2.62. The van der Waals surface area contributed by atoms with Gasteiger partial charge < -0.3 is 51.4 Å². The maximum absolute atomic E-state index is 13.5. The molecule has 2 unspecified atom stereocenters. The first kappa shape index (κ1) is 35.3. The van der Waals surface area contributed by atoms with E-state index in [4.69, 9.17) is 26.0 Å². The van der Waals surface area contributed by atoms with Gasteiger partial charge in [0, 0.05) is 58.3 Å². The van der Waals surface area contributed by atoms with E-state index in [1.165, 1.54) is 36.7 Å². The number of aliphatic carboxylic acids is 1. The van der Waals surface area contributed by atoms with Gasteiger partial charge in [0.15, 0.2) is 23.6 Å². The topological polar surface area (TPSA) is 234 Å². The number of carbonyl (C=O) groups is 4. The zero-order valence-corrected chi connectivity index (χ0v) is 28.5. The molecular formula is C34H47N7O9. The van der Waals surface area contributed by atoms with E-state index < -0.39 is 53.5 Å². The summed E-state index contributed by atoms with van der Waals surface area (Å²) in [7, 11) is 3.04. The summed E-state index contributed by atoms with van der Waals surface area (Å²) in [6, 6.07) is 2.37. The number of aliphatic imine (C=N–C) groups is 1. The molecule has 5 aliphatic rings. The van der Waals surface area contributed by atoms with Crippen molar-refractivity contribution in [2.75, 3.05) is 46.8 Å². The average molecular weight is 698 g/mol. The molecule has 272 valence electrons. The van der Waals surface area contributed by atoms with E-state index in [-0.39, 0.29) is 56.0 Å². The van der Waals surface area contributed by atoms with Crippen LogP contribution in [0.2, 0.25) is 0 Å². The Bertz CT molecular complexity index is 1610. The Balaban J connectivity index is 1.12. The van der Waals surface area contributed by atoms with E-state index in [0.29, 0.717) is 30.9 Å². The lowest BCUT2D eigenvalue weighted by Crippen LogP contribution is -2.75. The number of nitrogens with zero attached hydrogens (tertiary/aromatic N) is 4. The Hall–Kier alpha value is -4.57. The van der Waals surface area contributed by atoms with Crippen LogP contribution in [0.4, 0.5) is 4.79 Å². The van der Waals surface area contributed by atoms with E-state index in [1.807, 2.05) is 6.07 Å². The minimum absolute atomic E-state index is 0.0158. The first-order chi connectivity index (χ1) is 23.7. The van der Waals surface area contributed by atoms with Crippen molar-refractivity contribution >= 4 is 29.8 Å². The number of ether oxygens (including phenoxy) is 2. The lowest BCUT2D eigenvalue weighted by molar-refractivity contribution is -0.169. The first-order valence-electron chi connectivity index (χ1n) is 17.2. The summed E-state index contributed by atoms with van der Waals surface area (Å²) in [5, 5.41) is 34.9. The van der Waals surface area contributed by atoms with Crippen molar-refractivity contribution in [2.45, 2.75) is 80.6 Å². The summed E-state index contributed by atoms with van der Waals surface area (Å²) in [6.07, 6.45) is 3.83. The second-order valence-corrected chi connectivity index (χ2v) is 14.2. The molecule has 3 amide bonds. The van der Waals surface area contributed by atoms with Gasteiger partial charge in [0.2, 0.25) is 11.8 Å². The van der Waals surface area contributed by atoms with E-state index in [1.54, 1.807) is 12.1 Å². The number of nitrogens with one attached hydrogen (secondary N) is 1. The number of rotatable bonds is 14. The molecule has 1 spiro atoms. The number of nitrogens with two attached hydrogens (primary N) is 2. The molecule has 16 nitrogen and oxygen atoms in total. The van der Waals surface area contributed by atoms with Crippen LogP contribution in [0.3, 0.4) is 0 Å². The molecule has 2 heterocycles. The standard InChI is InChI=1S/C34H47N7O9/c1-39(30(46)21(4-3-12-37-31(35)36)38-25(43)17-26(44)45)14-15-40(2)32(47)49-23-9-10-34(48)24-16-20-7-8-22(42)28-27(20)33(34,29(23)50-28)11-13-41(24)18-19-5-6-19/h7-9,19,21,24,29,42,48H,3-6,10-18H2,1-2H3,(H,38,43)(H,44,45)(H4,35,36,37)/t21-,24?,29-,33?,34+/m0/s1. The monoisotopic (exact) mass is 697 g/mol. The van der Waals surface area contributed by atoms with Gasteiger partial charge in [-0.05, 0) is 68.7 Å². The second-order valence-electron chi connectivity index (χ2n) is 14.2. The highest BCUT2D eigenvalue weighted by Crippen LogP contribution is 2.65. The molecular weight excluding hydrogens is 650 g/mol. The fourth-order valence-electron chi connectivity index (χ4n) is 8.26. The smallest absolute Gasteiger partial charge is 0.414 e. The van der Waals surface area contributed by atoms with Gasteiger partial charge in [-0.15, -0.1) is 0 Å². The van der Waals surface area contributed by atoms with Crippen LogP contribution < -0.4 is 21.5 Å². The van der Waals surface area contributed by atoms with Gasteiger partial charge in [-0.1, -0.05) is 6.07 Å². The number of carboxylic acid groups (broad SMARTS) is 1. The number of amides is 3. The molecule has 8 N–H and O–H groups in total. The minimum Gasteiger partial charge on any atom is -0.504 e. The number of aliphatic hydroxyl groups is 1. The summed E-state index contributed by atoms with van der Waals surface area (Å²) in [4.78, 5) is 58.9. The molecule has 50 heavy (non-hydrogen) atoms. The average Bonchev–Trinajstić information content (AvgIpc) is 3.80. The van der Waals surface area contributed by atoms with Gasteiger partial charge in [0.05, 0.1) is 11.0 Å². The molecule has 5 atom stereocenters. The number of hydrogen-bond donors (Lipinski definition) is 6. The molecule has 16 heteroatoms. The number of likely N-dealkylation sites (tertiary alicyclic amines) is 1. The zero-order valence-electron chi connectivity index (χ0n) is 28.5. The maximum Gasteiger partial charge on any atom is 0.414 e. The first-order valence-corrected chi connectivity index (χ1v) is 17.2. The minimum atomic E-state index is -1.33. The largest absolute Gasteiger partial charge is 0.504 e. The molecule has 6 rings (SSSR count). The number of aromatic hydroxyl groups is 1. The molecule has 3 aliphatic carbocycles. The van der Waals surface area contributed by atoms with Gasteiger partial charge in [-0.2, -0.15) is 0 Å². The summed E-state index contributed by atoms with van der Waals surface area (Å²) in [5.41, 5.74) is 10.5. The highest BCUT2D eigenvalue weighted by atomic mass is 16.6. The maximum atomic E-state index is 13.5. The van der Waals surface area contributed by atoms with Crippen LogP contribution in [0.15, 0.2) is 29.0 Å². The Morgan fingerprint density at radius 2 is 1.92 bits per heavy atom. The number of phenolic OH excluding ortho intramolecular Hbond substituents is 1.